The van der Waals surface area contributed by atoms with E-state index >= 15 is 0 Å². The molecule has 0 aliphatic heterocycles. The Bertz CT molecular complexity index is 991. The van der Waals surface area contributed by atoms with E-state index in [0.717, 1.165) is 24.2 Å². The third-order valence-electron chi connectivity index (χ3n) is 6.97. The molecule has 2 heterocycles. The molecule has 7 nitrogen and oxygen atoms in total. The molecule has 0 spiro atoms. The van der Waals surface area contributed by atoms with E-state index < -0.39 is 11.5 Å². The van der Waals surface area contributed by atoms with Crippen LogP contribution in [0.15, 0.2) is 6.33 Å². The van der Waals surface area contributed by atoms with Crippen molar-refractivity contribution >= 4 is 5.78 Å². The molecular weight excluding hydrogens is 352 g/mol. The summed E-state index contributed by atoms with van der Waals surface area (Å²) < 4.78 is 3.74. The van der Waals surface area contributed by atoms with Gasteiger partial charge in [-0.15, -0.1) is 5.10 Å². The second kappa shape index (κ2) is 6.00. The molecular formula is C21H28N6O. The number of fused-ring (bicyclic) bond motifs is 3. The molecule has 2 aromatic heterocycles. The molecule has 4 rings (SSSR count). The Morgan fingerprint density at radius 2 is 2.00 bits per heavy atom. The fourth-order valence-corrected chi connectivity index (χ4v) is 5.54. The summed E-state index contributed by atoms with van der Waals surface area (Å²) in [6.07, 6.45) is 4.08. The molecule has 0 amide bonds. The number of Topliss-reactive ketones (excluding diaryl/α,β-unsaturated/α-hetero) is 1. The molecule has 1 saturated carbocycles. The highest BCUT2D eigenvalue weighted by Crippen LogP contribution is 2.56. The molecule has 0 bridgehead atoms. The molecule has 0 aromatic carbocycles. The van der Waals surface area contributed by atoms with Crippen molar-refractivity contribution in [1.29, 1.82) is 0 Å². The van der Waals surface area contributed by atoms with Gasteiger partial charge in [0.1, 0.15) is 12.0 Å². The molecule has 148 valence electrons. The number of hydrogen-bond acceptors (Lipinski definition) is 4. The zero-order valence-electron chi connectivity index (χ0n) is 17.5. The first kappa shape index (κ1) is 18.9. The van der Waals surface area contributed by atoms with Gasteiger partial charge in [0.25, 0.3) is 6.04 Å². The molecule has 2 aliphatic carbocycles. The molecule has 2 aromatic rings. The maximum atomic E-state index is 12.9. The molecule has 7 heteroatoms. The van der Waals surface area contributed by atoms with Crippen molar-refractivity contribution in [1.82, 2.24) is 24.5 Å². The summed E-state index contributed by atoms with van der Waals surface area (Å²) >= 11 is 0. The third kappa shape index (κ3) is 2.40. The van der Waals surface area contributed by atoms with Crippen LogP contribution in [0.25, 0.3) is 16.4 Å². The Hall–Kier alpha value is -2.49. The normalized spacial score (nSPS) is 28.7. The van der Waals surface area contributed by atoms with E-state index in [1.807, 2.05) is 30.3 Å². The van der Waals surface area contributed by atoms with Crippen LogP contribution in [0.5, 0.6) is 0 Å². The molecule has 0 radical (unpaired) electrons. The quantitative estimate of drug-likeness (QED) is 0.749. The lowest BCUT2D eigenvalue weighted by atomic mass is 9.50. The Morgan fingerprint density at radius 3 is 2.61 bits per heavy atom. The van der Waals surface area contributed by atoms with Crippen LogP contribution in [0.4, 0.5) is 0 Å². The predicted octanol–water partition coefficient (Wildman–Crippen LogP) is 3.37. The zero-order valence-corrected chi connectivity index (χ0v) is 17.5. The fraction of sp³-hybridized carbons (Fsp3) is 0.667. The summed E-state index contributed by atoms with van der Waals surface area (Å²) in [4.78, 5) is 21.1. The summed E-state index contributed by atoms with van der Waals surface area (Å²) in [5.74, 6) is 0.962. The van der Waals surface area contributed by atoms with Crippen LogP contribution in [0, 0.1) is 17.9 Å². The van der Waals surface area contributed by atoms with Gasteiger partial charge in [-0.3, -0.25) is 9.48 Å². The number of nitrogens with zero attached hydrogens (tertiary/aromatic N) is 6. The molecule has 28 heavy (non-hydrogen) atoms. The first-order chi connectivity index (χ1) is 13.1. The van der Waals surface area contributed by atoms with Gasteiger partial charge in [0.05, 0.1) is 5.69 Å². The van der Waals surface area contributed by atoms with Crippen molar-refractivity contribution in [3.05, 3.63) is 29.0 Å². The topological polar surface area (TPSA) is 70.0 Å². The van der Waals surface area contributed by atoms with Gasteiger partial charge in [0, 0.05) is 35.9 Å². The molecule has 3 atom stereocenters. The van der Waals surface area contributed by atoms with E-state index in [2.05, 4.69) is 35.7 Å². The lowest BCUT2D eigenvalue weighted by Gasteiger charge is -2.51. The van der Waals surface area contributed by atoms with E-state index in [1.54, 1.807) is 6.33 Å². The highest BCUT2D eigenvalue weighted by atomic mass is 16.1. The Balaban J connectivity index is 1.86. The molecule has 0 saturated heterocycles. The summed E-state index contributed by atoms with van der Waals surface area (Å²) in [7, 11) is 1.94. The standard InChI is InChI=1S/C21H28N6O/c1-12(2)27-11-23-19(25-27)16-13-8-9-15-20(3,4)18(28)14(22-6)10-21(15,5)17(13)24-26(16)7/h11-12,14-15H,8-10H2,1-5,7H3/t14?,15-,21-/m0/s1. The van der Waals surface area contributed by atoms with E-state index in [-0.39, 0.29) is 23.2 Å². The van der Waals surface area contributed by atoms with Crippen molar-refractivity contribution in [3.8, 4) is 11.5 Å². The zero-order chi connectivity index (χ0) is 20.4. The van der Waals surface area contributed by atoms with Crippen LogP contribution in [0.2, 0.25) is 0 Å². The monoisotopic (exact) mass is 380 g/mol. The van der Waals surface area contributed by atoms with E-state index in [1.165, 1.54) is 5.56 Å². The number of rotatable bonds is 2. The maximum absolute atomic E-state index is 12.9. The fourth-order valence-electron chi connectivity index (χ4n) is 5.54. The average Bonchev–Trinajstić information content (AvgIpc) is 3.23. The Morgan fingerprint density at radius 1 is 1.29 bits per heavy atom. The van der Waals surface area contributed by atoms with Gasteiger partial charge in [0.2, 0.25) is 5.78 Å². The van der Waals surface area contributed by atoms with Crippen LogP contribution in [0.3, 0.4) is 0 Å². The summed E-state index contributed by atoms with van der Waals surface area (Å²) in [5, 5.41) is 9.57. The first-order valence-corrected chi connectivity index (χ1v) is 10.00. The molecule has 2 aliphatic rings. The van der Waals surface area contributed by atoms with E-state index in [0.29, 0.717) is 12.2 Å². The van der Waals surface area contributed by atoms with Gasteiger partial charge < -0.3 is 4.85 Å². The minimum absolute atomic E-state index is 0.0851. The smallest absolute Gasteiger partial charge is 0.282 e. The minimum atomic E-state index is -0.592. The van der Waals surface area contributed by atoms with Crippen molar-refractivity contribution in [2.45, 2.75) is 71.4 Å². The number of hydrogen-bond donors (Lipinski definition) is 0. The van der Waals surface area contributed by atoms with Gasteiger partial charge in [-0.1, -0.05) is 20.8 Å². The van der Waals surface area contributed by atoms with Crippen molar-refractivity contribution in [2.75, 3.05) is 0 Å². The van der Waals surface area contributed by atoms with Crippen molar-refractivity contribution in [3.63, 3.8) is 0 Å². The predicted molar refractivity (Wildman–Crippen MR) is 106 cm³/mol. The summed E-state index contributed by atoms with van der Waals surface area (Å²) in [5.41, 5.74) is 2.35. The van der Waals surface area contributed by atoms with Crippen LogP contribution in [-0.2, 0) is 23.7 Å². The summed E-state index contributed by atoms with van der Waals surface area (Å²) in [6, 6.07) is -0.345. The van der Waals surface area contributed by atoms with Gasteiger partial charge in [-0.05, 0) is 32.6 Å². The summed E-state index contributed by atoms with van der Waals surface area (Å²) in [6.45, 7) is 17.9. The minimum Gasteiger partial charge on any atom is -0.305 e. The average molecular weight is 380 g/mol. The maximum Gasteiger partial charge on any atom is 0.282 e. The lowest BCUT2D eigenvalue weighted by molar-refractivity contribution is -0.137. The third-order valence-corrected chi connectivity index (χ3v) is 6.97. The van der Waals surface area contributed by atoms with Crippen LogP contribution in [-0.4, -0.2) is 36.4 Å². The second-order valence-corrected chi connectivity index (χ2v) is 9.38. The number of carbonyl (C=O) groups is 1. The Labute approximate surface area is 166 Å². The van der Waals surface area contributed by atoms with Crippen LogP contribution < -0.4 is 0 Å². The highest BCUT2D eigenvalue weighted by Gasteiger charge is 2.61. The van der Waals surface area contributed by atoms with E-state index in [9.17, 15) is 4.79 Å². The number of aromatic nitrogens is 5. The number of carbonyl (C=O) groups excluding carboxylic acids is 1. The van der Waals surface area contributed by atoms with Gasteiger partial charge in [-0.25, -0.2) is 16.2 Å². The van der Waals surface area contributed by atoms with Gasteiger partial charge in [-0.2, -0.15) is 5.10 Å². The highest BCUT2D eigenvalue weighted by molar-refractivity contribution is 5.92. The van der Waals surface area contributed by atoms with Crippen LogP contribution >= 0.6 is 0 Å². The number of ketones is 1. The van der Waals surface area contributed by atoms with Gasteiger partial charge >= 0.3 is 0 Å². The van der Waals surface area contributed by atoms with Crippen molar-refractivity contribution in [2.24, 2.45) is 18.4 Å². The lowest BCUT2D eigenvalue weighted by Crippen LogP contribution is -2.56. The first-order valence-electron chi connectivity index (χ1n) is 10.00. The van der Waals surface area contributed by atoms with Crippen molar-refractivity contribution < 1.29 is 4.79 Å². The molecule has 0 N–H and O–H groups in total. The van der Waals surface area contributed by atoms with Gasteiger partial charge in [0.15, 0.2) is 5.82 Å². The number of aryl methyl sites for hydroxylation is 1. The van der Waals surface area contributed by atoms with E-state index in [4.69, 9.17) is 11.7 Å². The Kier molecular flexibility index (Phi) is 4.04. The molecule has 1 unspecified atom stereocenters. The second-order valence-electron chi connectivity index (χ2n) is 9.38. The molecule has 1 fully saturated rings. The SMILES string of the molecule is [C-]#[N+]C1C[C@]2(C)c3nn(C)c(-c4ncn(C(C)C)n4)c3CC[C@H]2C(C)(C)C1=O. The largest absolute Gasteiger partial charge is 0.305 e. The van der Waals surface area contributed by atoms with Crippen LogP contribution in [0.1, 0.15) is 64.8 Å².